The van der Waals surface area contributed by atoms with Crippen molar-refractivity contribution in [3.63, 3.8) is 0 Å². The highest BCUT2D eigenvalue weighted by Crippen LogP contribution is 2.69. The lowest BCUT2D eigenvalue weighted by molar-refractivity contribution is -0.0925. The first kappa shape index (κ1) is 17.5. The zero-order valence-corrected chi connectivity index (χ0v) is 15.1. The van der Waals surface area contributed by atoms with Crippen LogP contribution in [0.3, 0.4) is 0 Å². The molecule has 0 amide bonds. The molecule has 140 valence electrons. The molecule has 0 saturated heterocycles. The molecule has 0 spiro atoms. The highest BCUT2D eigenvalue weighted by atomic mass is 32.2. The fourth-order valence-electron chi connectivity index (χ4n) is 3.98. The highest BCUT2D eigenvalue weighted by Gasteiger charge is 2.61. The average molecular weight is 383 g/mol. The van der Waals surface area contributed by atoms with Crippen molar-refractivity contribution in [1.29, 1.82) is 0 Å². The number of halogens is 2. The molecule has 2 atom stereocenters. The lowest BCUT2D eigenvalue weighted by Gasteiger charge is -2.31. The molecule has 1 aromatic carbocycles. The summed E-state index contributed by atoms with van der Waals surface area (Å²) in [5, 5.41) is 9.14. The van der Waals surface area contributed by atoms with Gasteiger partial charge in [-0.15, -0.1) is 0 Å². The summed E-state index contributed by atoms with van der Waals surface area (Å²) < 4.78 is 54.0. The first-order chi connectivity index (χ1) is 12.0. The van der Waals surface area contributed by atoms with Crippen LogP contribution < -0.4 is 5.14 Å². The number of hydrogen-bond acceptors (Lipinski definition) is 5. The van der Waals surface area contributed by atoms with Gasteiger partial charge in [0.15, 0.2) is 5.82 Å². The smallest absolute Gasteiger partial charge is 0.249 e. The van der Waals surface area contributed by atoms with Crippen molar-refractivity contribution in [2.24, 2.45) is 10.6 Å². The van der Waals surface area contributed by atoms with Crippen LogP contribution in [-0.2, 0) is 10.0 Å². The third-order valence-corrected chi connectivity index (χ3v) is 6.50. The molecule has 4 rings (SSSR count). The molecule has 2 N–H and O–H groups in total. The van der Waals surface area contributed by atoms with Gasteiger partial charge >= 0.3 is 0 Å². The second-order valence-electron chi connectivity index (χ2n) is 7.84. The molecule has 1 aromatic heterocycles. The molecule has 2 fully saturated rings. The van der Waals surface area contributed by atoms with Crippen molar-refractivity contribution in [3.05, 3.63) is 41.5 Å². The van der Waals surface area contributed by atoms with Crippen molar-refractivity contribution in [3.8, 4) is 0 Å². The van der Waals surface area contributed by atoms with E-state index in [4.69, 9.17) is 9.66 Å². The molecule has 26 heavy (non-hydrogen) atoms. The van der Waals surface area contributed by atoms with E-state index < -0.39 is 15.9 Å². The van der Waals surface area contributed by atoms with E-state index in [1.54, 1.807) is 12.1 Å². The van der Waals surface area contributed by atoms with Gasteiger partial charge in [0.05, 0.1) is 4.90 Å². The van der Waals surface area contributed by atoms with Crippen LogP contribution in [0, 0.1) is 5.41 Å². The molecule has 0 radical (unpaired) electrons. The Hall–Kier alpha value is -1.87. The average Bonchev–Trinajstić information content (AvgIpc) is 2.87. The lowest BCUT2D eigenvalue weighted by Crippen LogP contribution is -2.33. The summed E-state index contributed by atoms with van der Waals surface area (Å²) >= 11 is 0. The van der Waals surface area contributed by atoms with Crippen LogP contribution in [0.4, 0.5) is 8.78 Å². The molecule has 2 aliphatic carbocycles. The van der Waals surface area contributed by atoms with E-state index in [0.29, 0.717) is 5.82 Å². The first-order valence-corrected chi connectivity index (χ1v) is 9.88. The van der Waals surface area contributed by atoms with Crippen LogP contribution in [0.25, 0.3) is 0 Å². The third kappa shape index (κ3) is 2.83. The zero-order valence-electron chi connectivity index (χ0n) is 14.3. The van der Waals surface area contributed by atoms with E-state index in [-0.39, 0.29) is 46.8 Å². The molecule has 2 aliphatic rings. The van der Waals surface area contributed by atoms with Gasteiger partial charge in [-0.1, -0.05) is 31.1 Å². The number of rotatable bonds is 4. The fourth-order valence-corrected chi connectivity index (χ4v) is 4.50. The maximum absolute atomic E-state index is 13.0. The number of aromatic nitrogens is 2. The van der Waals surface area contributed by atoms with Gasteiger partial charge in [0.1, 0.15) is 0 Å². The number of benzene rings is 1. The summed E-state index contributed by atoms with van der Waals surface area (Å²) in [4.78, 5) is 4.42. The Morgan fingerprint density at radius 1 is 1.15 bits per heavy atom. The fraction of sp³-hybridized carbons (Fsp3) is 0.529. The molecule has 0 aliphatic heterocycles. The van der Waals surface area contributed by atoms with E-state index in [1.807, 2.05) is 0 Å². The molecular formula is C17H19F2N3O3S. The highest BCUT2D eigenvalue weighted by molar-refractivity contribution is 7.89. The van der Waals surface area contributed by atoms with Gasteiger partial charge in [0.25, 0.3) is 0 Å². The van der Waals surface area contributed by atoms with Crippen LogP contribution in [0.15, 0.2) is 33.7 Å². The minimum Gasteiger partial charge on any atom is -0.339 e. The maximum Gasteiger partial charge on any atom is 0.249 e. The van der Waals surface area contributed by atoms with Crippen molar-refractivity contribution < 1.29 is 21.7 Å². The Bertz CT molecular complexity index is 946. The standard InChI is InChI=1S/C17H19F2N3O3S/c1-16(2)12(9-3-5-11(6-4-9)26(20,23)24)13(16)14-21-15(25-22-14)10-7-17(18,19)8-10/h3-6,10,12-13H,7-8H2,1-2H3,(H2,20,23,24)/t12-,13+/m0/s1. The predicted octanol–water partition coefficient (Wildman–Crippen LogP) is 3.14. The van der Waals surface area contributed by atoms with Gasteiger partial charge in [0.2, 0.25) is 21.8 Å². The topological polar surface area (TPSA) is 99.1 Å². The maximum atomic E-state index is 13.0. The van der Waals surface area contributed by atoms with Crippen molar-refractivity contribution >= 4 is 10.0 Å². The Kier molecular flexibility index (Phi) is 3.59. The van der Waals surface area contributed by atoms with Gasteiger partial charge in [-0.3, -0.25) is 0 Å². The number of nitrogens with two attached hydrogens (primary N) is 1. The van der Waals surface area contributed by atoms with Gasteiger partial charge in [0, 0.05) is 30.6 Å². The van der Waals surface area contributed by atoms with E-state index in [0.717, 1.165) is 5.56 Å². The van der Waals surface area contributed by atoms with Crippen LogP contribution in [-0.4, -0.2) is 24.5 Å². The Balaban J connectivity index is 1.54. The SMILES string of the molecule is CC1(C)[C@@H](c2ccc(S(N)(=O)=O)cc2)[C@@H]1c1noc(C2CC(F)(F)C2)n1. The molecule has 1 heterocycles. The zero-order chi connectivity index (χ0) is 18.9. The normalized spacial score (nSPS) is 27.1. The molecule has 6 nitrogen and oxygen atoms in total. The Morgan fingerprint density at radius 3 is 2.31 bits per heavy atom. The van der Waals surface area contributed by atoms with Crippen LogP contribution in [0.2, 0.25) is 0 Å². The van der Waals surface area contributed by atoms with E-state index in [2.05, 4.69) is 24.0 Å². The molecule has 0 bridgehead atoms. The van der Waals surface area contributed by atoms with E-state index in [9.17, 15) is 17.2 Å². The number of nitrogens with zero attached hydrogens (tertiary/aromatic N) is 2. The predicted molar refractivity (Wildman–Crippen MR) is 88.3 cm³/mol. The molecule has 2 aromatic rings. The summed E-state index contributed by atoms with van der Waals surface area (Å²) in [5.41, 5.74) is 0.808. The minimum absolute atomic E-state index is 0.0130. The first-order valence-electron chi connectivity index (χ1n) is 8.33. The van der Waals surface area contributed by atoms with Gasteiger partial charge < -0.3 is 4.52 Å². The van der Waals surface area contributed by atoms with Gasteiger partial charge in [-0.25, -0.2) is 22.3 Å². The van der Waals surface area contributed by atoms with E-state index in [1.165, 1.54) is 12.1 Å². The van der Waals surface area contributed by atoms with Crippen LogP contribution in [0.5, 0.6) is 0 Å². The van der Waals surface area contributed by atoms with Crippen LogP contribution in [0.1, 0.15) is 61.7 Å². The Morgan fingerprint density at radius 2 is 1.77 bits per heavy atom. The second kappa shape index (κ2) is 5.32. The van der Waals surface area contributed by atoms with E-state index >= 15 is 0 Å². The minimum atomic E-state index is -3.73. The summed E-state index contributed by atoms with van der Waals surface area (Å²) in [7, 11) is -3.73. The number of alkyl halides is 2. The number of sulfonamides is 1. The van der Waals surface area contributed by atoms with Gasteiger partial charge in [-0.2, -0.15) is 4.98 Å². The number of primary sulfonamides is 1. The summed E-state index contributed by atoms with van der Waals surface area (Å²) in [5.74, 6) is -2.14. The second-order valence-corrected chi connectivity index (χ2v) is 9.40. The quantitative estimate of drug-likeness (QED) is 0.874. The van der Waals surface area contributed by atoms with Crippen molar-refractivity contribution in [1.82, 2.24) is 10.1 Å². The summed E-state index contributed by atoms with van der Waals surface area (Å²) in [6.45, 7) is 4.12. The largest absolute Gasteiger partial charge is 0.339 e. The van der Waals surface area contributed by atoms with Crippen molar-refractivity contribution in [2.75, 3.05) is 0 Å². The third-order valence-electron chi connectivity index (χ3n) is 5.57. The van der Waals surface area contributed by atoms with Crippen molar-refractivity contribution in [2.45, 2.75) is 55.3 Å². The molecule has 2 saturated carbocycles. The molecular weight excluding hydrogens is 364 g/mol. The summed E-state index contributed by atoms with van der Waals surface area (Å²) in [6, 6.07) is 6.43. The Labute approximate surface area is 149 Å². The monoisotopic (exact) mass is 383 g/mol. The lowest BCUT2D eigenvalue weighted by atomic mass is 9.81. The molecule has 0 unspecified atom stereocenters. The number of hydrogen-bond donors (Lipinski definition) is 1. The van der Waals surface area contributed by atoms with Crippen LogP contribution >= 0.6 is 0 Å². The summed E-state index contributed by atoms with van der Waals surface area (Å²) in [6.07, 6.45) is -0.498. The molecule has 9 heteroatoms. The van der Waals surface area contributed by atoms with Gasteiger partial charge in [-0.05, 0) is 23.1 Å².